The summed E-state index contributed by atoms with van der Waals surface area (Å²) in [5, 5.41) is 6.45. The van der Waals surface area contributed by atoms with Gasteiger partial charge in [0.25, 0.3) is 0 Å². The number of carbonyl (C=O) groups excluding carboxylic acids is 3. The summed E-state index contributed by atoms with van der Waals surface area (Å²) in [4.78, 5) is 37.5. The van der Waals surface area contributed by atoms with E-state index >= 15 is 0 Å². The predicted molar refractivity (Wildman–Crippen MR) is 82.1 cm³/mol. The summed E-state index contributed by atoms with van der Waals surface area (Å²) in [6.07, 6.45) is 1.64. The highest BCUT2D eigenvalue weighted by Crippen LogP contribution is 2.24. The Morgan fingerprint density at radius 3 is 3.08 bits per heavy atom. The fraction of sp³-hybridized carbons (Fsp3) is 0.357. The van der Waals surface area contributed by atoms with Gasteiger partial charge in [0.15, 0.2) is 5.00 Å². The summed E-state index contributed by atoms with van der Waals surface area (Å²) < 4.78 is 13.4. The van der Waals surface area contributed by atoms with Crippen molar-refractivity contribution in [3.05, 3.63) is 29.9 Å². The molecule has 1 aliphatic heterocycles. The molecule has 2 aromatic rings. The number of rotatable bonds is 5. The van der Waals surface area contributed by atoms with Crippen molar-refractivity contribution in [2.45, 2.75) is 13.0 Å². The van der Waals surface area contributed by atoms with Crippen LogP contribution >= 0.6 is 11.5 Å². The molecule has 0 saturated carbocycles. The second kappa shape index (κ2) is 6.79. The smallest absolute Gasteiger partial charge is 0.361 e. The summed E-state index contributed by atoms with van der Waals surface area (Å²) >= 11 is 0.878. The van der Waals surface area contributed by atoms with Gasteiger partial charge in [0.05, 0.1) is 25.8 Å². The van der Waals surface area contributed by atoms with Gasteiger partial charge >= 0.3 is 5.97 Å². The predicted octanol–water partition coefficient (Wildman–Crippen LogP) is 0.905. The van der Waals surface area contributed by atoms with E-state index in [4.69, 9.17) is 4.42 Å². The Morgan fingerprint density at radius 1 is 1.54 bits per heavy atom. The first-order valence-electron chi connectivity index (χ1n) is 7.10. The van der Waals surface area contributed by atoms with E-state index in [1.807, 2.05) is 0 Å². The molecule has 2 aromatic heterocycles. The number of furan rings is 1. The Balaban J connectivity index is 1.63. The first-order chi connectivity index (χ1) is 11.6. The van der Waals surface area contributed by atoms with Gasteiger partial charge in [0.1, 0.15) is 5.76 Å². The summed E-state index contributed by atoms with van der Waals surface area (Å²) in [6.45, 7) is 0.607. The Morgan fingerprint density at radius 2 is 2.38 bits per heavy atom. The number of methoxy groups -OCH3 is 1. The number of esters is 1. The minimum Gasteiger partial charge on any atom is -0.467 e. The number of likely N-dealkylation sites (tertiary alicyclic amines) is 1. The molecule has 1 saturated heterocycles. The molecule has 0 aliphatic carbocycles. The largest absolute Gasteiger partial charge is 0.467 e. The Hall–Kier alpha value is -2.75. The van der Waals surface area contributed by atoms with Crippen molar-refractivity contribution in [2.24, 2.45) is 5.92 Å². The number of carbonyl (C=O) groups is 3. The highest BCUT2D eigenvalue weighted by atomic mass is 32.1. The molecule has 1 unspecified atom stereocenters. The molecule has 3 rings (SSSR count). The van der Waals surface area contributed by atoms with Crippen molar-refractivity contribution in [3.8, 4) is 0 Å². The standard InChI is InChI=1S/C14H14N4O5S/c1-22-14(21)11-13(24-17-16-11)15-12(20)8-5-10(19)18(6-8)7-9-3-2-4-23-9/h2-4,8H,5-7H2,1H3,(H,15,20). The van der Waals surface area contributed by atoms with Crippen molar-refractivity contribution in [3.63, 3.8) is 0 Å². The van der Waals surface area contributed by atoms with Crippen LogP contribution < -0.4 is 5.32 Å². The van der Waals surface area contributed by atoms with Gasteiger partial charge in [0.2, 0.25) is 17.5 Å². The van der Waals surface area contributed by atoms with Crippen LogP contribution in [0.1, 0.15) is 22.7 Å². The number of hydrogen-bond donors (Lipinski definition) is 1. The van der Waals surface area contributed by atoms with E-state index in [2.05, 4.69) is 19.6 Å². The molecule has 1 atom stereocenters. The van der Waals surface area contributed by atoms with Crippen molar-refractivity contribution in [2.75, 3.05) is 19.0 Å². The van der Waals surface area contributed by atoms with Gasteiger partial charge < -0.3 is 19.4 Å². The SMILES string of the molecule is COC(=O)c1nnsc1NC(=O)C1CC(=O)N(Cc2ccco2)C1. The number of aromatic nitrogens is 2. The lowest BCUT2D eigenvalue weighted by atomic mass is 10.1. The molecule has 9 nitrogen and oxygen atoms in total. The maximum Gasteiger partial charge on any atom is 0.361 e. The van der Waals surface area contributed by atoms with Crippen LogP contribution in [0.5, 0.6) is 0 Å². The molecule has 0 radical (unpaired) electrons. The van der Waals surface area contributed by atoms with Crippen molar-refractivity contribution in [1.82, 2.24) is 14.5 Å². The third-order valence-corrected chi connectivity index (χ3v) is 4.26. The number of hydrogen-bond acceptors (Lipinski definition) is 8. The number of nitrogens with one attached hydrogen (secondary N) is 1. The molecule has 0 spiro atoms. The van der Waals surface area contributed by atoms with Gasteiger partial charge in [-0.15, -0.1) is 5.10 Å². The Bertz CT molecular complexity index is 757. The molecule has 2 amide bonds. The minimum atomic E-state index is -0.680. The maximum absolute atomic E-state index is 12.4. The highest BCUT2D eigenvalue weighted by molar-refractivity contribution is 7.10. The number of nitrogens with zero attached hydrogens (tertiary/aromatic N) is 3. The van der Waals surface area contributed by atoms with Gasteiger partial charge in [0, 0.05) is 24.5 Å². The second-order valence-electron chi connectivity index (χ2n) is 5.19. The molecule has 0 aromatic carbocycles. The summed E-state index contributed by atoms with van der Waals surface area (Å²) in [5.74, 6) is -1.02. The summed E-state index contributed by atoms with van der Waals surface area (Å²) in [5.41, 5.74) is -0.0485. The molecular formula is C14H14N4O5S. The molecule has 0 bridgehead atoms. The van der Waals surface area contributed by atoms with Crippen molar-refractivity contribution < 1.29 is 23.5 Å². The quantitative estimate of drug-likeness (QED) is 0.797. The van der Waals surface area contributed by atoms with Crippen LogP contribution in [-0.2, 0) is 20.9 Å². The van der Waals surface area contributed by atoms with Gasteiger partial charge in [-0.1, -0.05) is 4.49 Å². The topological polar surface area (TPSA) is 115 Å². The fourth-order valence-corrected chi connectivity index (χ4v) is 2.97. The molecule has 10 heteroatoms. The molecule has 3 heterocycles. The highest BCUT2D eigenvalue weighted by Gasteiger charge is 2.35. The number of anilines is 1. The van der Waals surface area contributed by atoms with Crippen LogP contribution in [0.15, 0.2) is 22.8 Å². The zero-order valence-corrected chi connectivity index (χ0v) is 13.5. The van der Waals surface area contributed by atoms with Gasteiger partial charge in [-0.05, 0) is 12.1 Å². The van der Waals surface area contributed by atoms with E-state index in [0.717, 1.165) is 11.5 Å². The lowest BCUT2D eigenvalue weighted by Crippen LogP contribution is -2.28. The molecule has 1 N–H and O–H groups in total. The van der Waals surface area contributed by atoms with Crippen LogP contribution in [0.25, 0.3) is 0 Å². The van der Waals surface area contributed by atoms with E-state index in [0.29, 0.717) is 12.3 Å². The molecule has 1 aliphatic rings. The maximum atomic E-state index is 12.4. The number of amides is 2. The van der Waals surface area contributed by atoms with Crippen LogP contribution in [0, 0.1) is 5.92 Å². The first kappa shape index (κ1) is 16.1. The third kappa shape index (κ3) is 3.27. The third-order valence-electron chi connectivity index (χ3n) is 3.62. The van der Waals surface area contributed by atoms with E-state index in [9.17, 15) is 14.4 Å². The monoisotopic (exact) mass is 350 g/mol. The fourth-order valence-electron chi connectivity index (χ4n) is 2.41. The lowest BCUT2D eigenvalue weighted by molar-refractivity contribution is -0.128. The van der Waals surface area contributed by atoms with E-state index in [-0.39, 0.29) is 35.5 Å². The molecular weight excluding hydrogens is 336 g/mol. The molecule has 1 fully saturated rings. The minimum absolute atomic E-state index is 0.0485. The van der Waals surface area contributed by atoms with Crippen LogP contribution in [0.4, 0.5) is 5.00 Å². The summed E-state index contributed by atoms with van der Waals surface area (Å²) in [7, 11) is 1.22. The average Bonchev–Trinajstić information content (AvgIpc) is 3.29. The molecule has 126 valence electrons. The lowest BCUT2D eigenvalue weighted by Gasteiger charge is -2.14. The zero-order chi connectivity index (χ0) is 17.1. The van der Waals surface area contributed by atoms with Crippen LogP contribution in [-0.4, -0.2) is 45.9 Å². The van der Waals surface area contributed by atoms with Gasteiger partial charge in [-0.3, -0.25) is 9.59 Å². The normalized spacial score (nSPS) is 17.1. The average molecular weight is 350 g/mol. The van der Waals surface area contributed by atoms with Gasteiger partial charge in [-0.2, -0.15) is 0 Å². The van der Waals surface area contributed by atoms with E-state index < -0.39 is 11.9 Å². The van der Waals surface area contributed by atoms with E-state index in [1.165, 1.54) is 13.4 Å². The van der Waals surface area contributed by atoms with E-state index in [1.54, 1.807) is 17.0 Å². The number of ether oxygens (including phenoxy) is 1. The first-order valence-corrected chi connectivity index (χ1v) is 7.87. The molecule has 24 heavy (non-hydrogen) atoms. The van der Waals surface area contributed by atoms with Crippen molar-refractivity contribution in [1.29, 1.82) is 0 Å². The zero-order valence-electron chi connectivity index (χ0n) is 12.7. The Labute approximate surface area is 140 Å². The van der Waals surface area contributed by atoms with Gasteiger partial charge in [-0.25, -0.2) is 4.79 Å². The van der Waals surface area contributed by atoms with Crippen LogP contribution in [0.3, 0.4) is 0 Å². The summed E-state index contributed by atoms with van der Waals surface area (Å²) in [6, 6.07) is 3.51. The second-order valence-corrected chi connectivity index (χ2v) is 5.94. The van der Waals surface area contributed by atoms with Crippen LogP contribution in [0.2, 0.25) is 0 Å². The van der Waals surface area contributed by atoms with Crippen molar-refractivity contribution >= 4 is 34.3 Å². The Kier molecular flexibility index (Phi) is 4.56.